The summed E-state index contributed by atoms with van der Waals surface area (Å²) in [6, 6.07) is 0. The first kappa shape index (κ1) is 23.6. The van der Waals surface area contributed by atoms with E-state index in [9.17, 15) is 19.8 Å². The van der Waals surface area contributed by atoms with E-state index in [0.717, 1.165) is 88.6 Å². The molecule has 0 amide bonds. The van der Waals surface area contributed by atoms with Gasteiger partial charge in [-0.3, -0.25) is 9.59 Å². The maximum Gasteiger partial charge on any atom is 0.306 e. The van der Waals surface area contributed by atoms with E-state index in [4.69, 9.17) is 0 Å². The van der Waals surface area contributed by atoms with E-state index in [1.54, 1.807) is 0 Å². The molecule has 0 spiro atoms. The molecule has 142 valence electrons. The zero-order valence-corrected chi connectivity index (χ0v) is 16.4. The topological polar surface area (TPSA) is 74.6 Å². The number of carboxylic acid groups (broad SMARTS) is 2. The molecule has 0 aromatic heterocycles. The summed E-state index contributed by atoms with van der Waals surface area (Å²) in [5, 5.41) is 18.4. The number of hydrogen-bond acceptors (Lipinski definition) is 4. The second kappa shape index (κ2) is 16.1. The smallest absolute Gasteiger partial charge is 0.306 e. The van der Waals surface area contributed by atoms with Gasteiger partial charge in [0, 0.05) is 0 Å². The van der Waals surface area contributed by atoms with Gasteiger partial charge in [0.15, 0.2) is 0 Å². The van der Waals surface area contributed by atoms with Crippen molar-refractivity contribution in [3.05, 3.63) is 0 Å². The SMILES string of the molecule is O=C(O)C(CCCCS)CCCCCCC(CCCCS)C(=O)O. The van der Waals surface area contributed by atoms with Crippen LogP contribution in [-0.2, 0) is 9.59 Å². The third-order valence-electron chi connectivity index (χ3n) is 4.48. The van der Waals surface area contributed by atoms with Gasteiger partial charge in [0.25, 0.3) is 0 Å². The maximum atomic E-state index is 11.2. The van der Waals surface area contributed by atoms with E-state index in [0.29, 0.717) is 0 Å². The van der Waals surface area contributed by atoms with Crippen molar-refractivity contribution >= 4 is 37.2 Å². The van der Waals surface area contributed by atoms with Crippen LogP contribution in [0.15, 0.2) is 0 Å². The lowest BCUT2D eigenvalue weighted by atomic mass is 9.93. The fourth-order valence-electron chi connectivity index (χ4n) is 2.92. The summed E-state index contributed by atoms with van der Waals surface area (Å²) in [5.41, 5.74) is 0. The van der Waals surface area contributed by atoms with Gasteiger partial charge in [-0.2, -0.15) is 25.3 Å². The number of carboxylic acids is 2. The van der Waals surface area contributed by atoms with Crippen LogP contribution in [0.1, 0.15) is 77.0 Å². The van der Waals surface area contributed by atoms with Crippen LogP contribution in [0, 0.1) is 11.8 Å². The molecule has 0 saturated carbocycles. The van der Waals surface area contributed by atoms with Gasteiger partial charge in [0.1, 0.15) is 0 Å². The van der Waals surface area contributed by atoms with Crippen LogP contribution in [0.3, 0.4) is 0 Å². The maximum absolute atomic E-state index is 11.2. The molecular formula is C18H34O4S2. The number of hydrogen-bond donors (Lipinski definition) is 4. The lowest BCUT2D eigenvalue weighted by Gasteiger charge is -2.13. The molecule has 0 aliphatic rings. The molecule has 0 aromatic rings. The first-order valence-electron chi connectivity index (χ1n) is 9.20. The third kappa shape index (κ3) is 13.0. The number of unbranched alkanes of at least 4 members (excludes halogenated alkanes) is 5. The van der Waals surface area contributed by atoms with Crippen LogP contribution in [-0.4, -0.2) is 33.7 Å². The molecule has 0 heterocycles. The van der Waals surface area contributed by atoms with Crippen molar-refractivity contribution in [2.24, 2.45) is 11.8 Å². The van der Waals surface area contributed by atoms with Crippen molar-refractivity contribution in [1.82, 2.24) is 0 Å². The standard InChI is InChI=1S/C18H34O4S2/c19-17(20)15(11-5-7-13-23)9-3-1-2-4-10-16(18(21)22)12-6-8-14-24/h15-16,23-24H,1-14H2,(H,19,20)(H,21,22). The molecule has 0 radical (unpaired) electrons. The number of aliphatic carboxylic acids is 2. The van der Waals surface area contributed by atoms with Crippen molar-refractivity contribution in [1.29, 1.82) is 0 Å². The molecule has 24 heavy (non-hydrogen) atoms. The Labute approximate surface area is 157 Å². The van der Waals surface area contributed by atoms with E-state index in [1.807, 2.05) is 0 Å². The van der Waals surface area contributed by atoms with Crippen LogP contribution >= 0.6 is 25.3 Å². The van der Waals surface area contributed by atoms with Crippen molar-refractivity contribution in [3.8, 4) is 0 Å². The Morgan fingerprint density at radius 2 is 0.875 bits per heavy atom. The van der Waals surface area contributed by atoms with Crippen molar-refractivity contribution < 1.29 is 19.8 Å². The van der Waals surface area contributed by atoms with E-state index in [-0.39, 0.29) is 11.8 Å². The number of thiol groups is 2. The summed E-state index contributed by atoms with van der Waals surface area (Å²) < 4.78 is 0. The summed E-state index contributed by atoms with van der Waals surface area (Å²) in [4.78, 5) is 22.4. The van der Waals surface area contributed by atoms with Crippen LogP contribution in [0.5, 0.6) is 0 Å². The Hall–Kier alpha value is -0.360. The van der Waals surface area contributed by atoms with Gasteiger partial charge in [-0.15, -0.1) is 0 Å². The van der Waals surface area contributed by atoms with E-state index < -0.39 is 11.9 Å². The van der Waals surface area contributed by atoms with E-state index in [2.05, 4.69) is 25.3 Å². The highest BCUT2D eigenvalue weighted by Crippen LogP contribution is 2.20. The number of carbonyl (C=O) groups is 2. The van der Waals surface area contributed by atoms with Crippen molar-refractivity contribution in [3.63, 3.8) is 0 Å². The monoisotopic (exact) mass is 378 g/mol. The second-order valence-electron chi connectivity index (χ2n) is 6.50. The fraction of sp³-hybridized carbons (Fsp3) is 0.889. The Kier molecular flexibility index (Phi) is 15.9. The van der Waals surface area contributed by atoms with Crippen LogP contribution in [0.4, 0.5) is 0 Å². The molecule has 0 aliphatic heterocycles. The van der Waals surface area contributed by atoms with Gasteiger partial charge in [-0.05, 0) is 50.0 Å². The van der Waals surface area contributed by atoms with Gasteiger partial charge >= 0.3 is 11.9 Å². The quantitative estimate of drug-likeness (QED) is 0.214. The average Bonchev–Trinajstić information content (AvgIpc) is 2.54. The molecule has 0 aliphatic carbocycles. The second-order valence-corrected chi connectivity index (χ2v) is 7.40. The largest absolute Gasteiger partial charge is 0.481 e. The predicted molar refractivity (Wildman–Crippen MR) is 105 cm³/mol. The summed E-state index contributed by atoms with van der Waals surface area (Å²) in [5.74, 6) is -0.236. The highest BCUT2D eigenvalue weighted by molar-refractivity contribution is 7.80. The predicted octanol–water partition coefficient (Wildman–Crippen LogP) is 4.93. The molecule has 2 unspecified atom stereocenters. The Morgan fingerprint density at radius 1 is 0.583 bits per heavy atom. The molecule has 0 rings (SSSR count). The molecular weight excluding hydrogens is 344 g/mol. The zero-order valence-electron chi connectivity index (χ0n) is 14.7. The van der Waals surface area contributed by atoms with Crippen LogP contribution in [0.2, 0.25) is 0 Å². The minimum atomic E-state index is -0.690. The minimum absolute atomic E-state index is 0.238. The highest BCUT2D eigenvalue weighted by atomic mass is 32.1. The Morgan fingerprint density at radius 3 is 1.12 bits per heavy atom. The van der Waals surface area contributed by atoms with Gasteiger partial charge in [-0.1, -0.05) is 38.5 Å². The summed E-state index contributed by atoms with van der Waals surface area (Å²) >= 11 is 8.30. The first-order chi connectivity index (χ1) is 11.5. The molecule has 0 saturated heterocycles. The zero-order chi connectivity index (χ0) is 18.2. The lowest BCUT2D eigenvalue weighted by Crippen LogP contribution is -2.14. The van der Waals surface area contributed by atoms with E-state index >= 15 is 0 Å². The van der Waals surface area contributed by atoms with E-state index in [1.165, 1.54) is 0 Å². The minimum Gasteiger partial charge on any atom is -0.481 e. The molecule has 2 N–H and O–H groups in total. The normalized spacial score (nSPS) is 13.6. The third-order valence-corrected chi connectivity index (χ3v) is 5.11. The van der Waals surface area contributed by atoms with Gasteiger partial charge in [0.2, 0.25) is 0 Å². The lowest BCUT2D eigenvalue weighted by molar-refractivity contribution is -0.143. The Balaban J connectivity index is 3.81. The molecule has 0 aromatic carbocycles. The van der Waals surface area contributed by atoms with Gasteiger partial charge < -0.3 is 10.2 Å². The van der Waals surface area contributed by atoms with Crippen molar-refractivity contribution in [2.45, 2.75) is 77.0 Å². The molecule has 6 heteroatoms. The van der Waals surface area contributed by atoms with Gasteiger partial charge in [0.05, 0.1) is 11.8 Å². The fourth-order valence-corrected chi connectivity index (χ4v) is 3.37. The summed E-state index contributed by atoms with van der Waals surface area (Å²) in [6.07, 6.45) is 10.5. The molecule has 4 nitrogen and oxygen atoms in total. The highest BCUT2D eigenvalue weighted by Gasteiger charge is 2.17. The van der Waals surface area contributed by atoms with Gasteiger partial charge in [-0.25, -0.2) is 0 Å². The first-order valence-corrected chi connectivity index (χ1v) is 10.5. The van der Waals surface area contributed by atoms with Crippen LogP contribution in [0.25, 0.3) is 0 Å². The Bertz CT molecular complexity index is 305. The summed E-state index contributed by atoms with van der Waals surface area (Å²) in [7, 11) is 0. The number of rotatable bonds is 17. The molecule has 0 fully saturated rings. The van der Waals surface area contributed by atoms with Crippen LogP contribution < -0.4 is 0 Å². The molecule has 2 atom stereocenters. The summed E-state index contributed by atoms with van der Waals surface area (Å²) in [6.45, 7) is 0. The van der Waals surface area contributed by atoms with Crippen molar-refractivity contribution in [2.75, 3.05) is 11.5 Å². The average molecular weight is 379 g/mol. The molecule has 0 bridgehead atoms.